The van der Waals surface area contributed by atoms with Crippen LogP contribution >= 0.6 is 11.6 Å². The molecule has 0 saturated carbocycles. The zero-order valence-corrected chi connectivity index (χ0v) is 19.7. The molecule has 0 radical (unpaired) electrons. The molecule has 2 aromatic heterocycles. The lowest BCUT2D eigenvalue weighted by Gasteiger charge is -2.38. The summed E-state index contributed by atoms with van der Waals surface area (Å²) in [5, 5.41) is 1.58. The molecule has 1 amide bonds. The lowest BCUT2D eigenvalue weighted by Crippen LogP contribution is -2.50. The molecular weight excluding hydrogens is 438 g/mol. The number of anilines is 1. The Bertz CT molecular complexity index is 1430. The lowest BCUT2D eigenvalue weighted by molar-refractivity contribution is -0.134. The minimum Gasteiger partial charge on any atom is -0.368 e. The number of carbonyl (C=O) groups is 1. The summed E-state index contributed by atoms with van der Waals surface area (Å²) < 4.78 is 3.85. The van der Waals surface area contributed by atoms with Crippen molar-refractivity contribution < 1.29 is 4.79 Å². The van der Waals surface area contributed by atoms with Crippen LogP contribution < -0.4 is 10.5 Å². The van der Waals surface area contributed by atoms with E-state index in [1.165, 1.54) is 11.6 Å². The second-order valence-electron chi connectivity index (χ2n) is 8.65. The van der Waals surface area contributed by atoms with E-state index >= 15 is 0 Å². The molecule has 0 bridgehead atoms. The van der Waals surface area contributed by atoms with Gasteiger partial charge in [-0.05, 0) is 50.6 Å². The van der Waals surface area contributed by atoms with Crippen LogP contribution in [0.25, 0.3) is 16.6 Å². The summed E-state index contributed by atoms with van der Waals surface area (Å²) in [7, 11) is 0. The van der Waals surface area contributed by atoms with Gasteiger partial charge in [0.05, 0.1) is 5.52 Å². The van der Waals surface area contributed by atoms with E-state index in [1.807, 2.05) is 70.4 Å². The van der Waals surface area contributed by atoms with Gasteiger partial charge in [0.25, 0.3) is 5.56 Å². The van der Waals surface area contributed by atoms with Crippen LogP contribution in [0, 0.1) is 13.8 Å². The molecule has 3 heterocycles. The van der Waals surface area contributed by atoms with Crippen molar-refractivity contribution in [1.29, 1.82) is 0 Å². The van der Waals surface area contributed by atoms with Crippen molar-refractivity contribution in [2.75, 3.05) is 31.1 Å². The smallest absolute Gasteiger partial charge is 0.273 e. The number of amides is 1. The molecule has 5 rings (SSSR count). The Morgan fingerprint density at radius 2 is 1.76 bits per heavy atom. The molecule has 33 heavy (non-hydrogen) atoms. The lowest BCUT2D eigenvalue weighted by atomic mass is 10.1. The second-order valence-corrected chi connectivity index (χ2v) is 9.09. The highest BCUT2D eigenvalue weighted by Gasteiger charge is 2.29. The number of halogens is 1. The summed E-state index contributed by atoms with van der Waals surface area (Å²) in [6, 6.07) is 14.7. The maximum Gasteiger partial charge on any atom is 0.273 e. The van der Waals surface area contributed by atoms with Gasteiger partial charge in [0, 0.05) is 54.0 Å². The highest BCUT2D eigenvalue weighted by molar-refractivity contribution is 6.30. The molecule has 2 aromatic carbocycles. The van der Waals surface area contributed by atoms with Gasteiger partial charge in [-0.1, -0.05) is 29.8 Å². The second kappa shape index (κ2) is 8.23. The number of aromatic nitrogens is 3. The van der Waals surface area contributed by atoms with Gasteiger partial charge in [0.15, 0.2) is 5.65 Å². The van der Waals surface area contributed by atoms with Crippen LogP contribution in [0.4, 0.5) is 5.69 Å². The minimum atomic E-state index is -0.449. The molecular formula is C25H26ClN5O2. The van der Waals surface area contributed by atoms with E-state index in [1.54, 1.807) is 0 Å². The summed E-state index contributed by atoms with van der Waals surface area (Å²) in [5.74, 6) is 0.0539. The van der Waals surface area contributed by atoms with Crippen molar-refractivity contribution in [2.24, 2.45) is 0 Å². The molecule has 1 saturated heterocycles. The molecule has 170 valence electrons. The Morgan fingerprint density at radius 1 is 1.03 bits per heavy atom. The number of para-hydroxylation sites is 1. The van der Waals surface area contributed by atoms with Gasteiger partial charge in [0.2, 0.25) is 5.91 Å². The van der Waals surface area contributed by atoms with Crippen LogP contribution in [0.2, 0.25) is 5.02 Å². The van der Waals surface area contributed by atoms with E-state index < -0.39 is 6.04 Å². The van der Waals surface area contributed by atoms with Gasteiger partial charge in [-0.3, -0.25) is 14.3 Å². The van der Waals surface area contributed by atoms with E-state index in [2.05, 4.69) is 16.8 Å². The minimum absolute atomic E-state index is 0.0539. The summed E-state index contributed by atoms with van der Waals surface area (Å²) in [6.45, 7) is 8.64. The van der Waals surface area contributed by atoms with Crippen molar-refractivity contribution in [2.45, 2.75) is 26.8 Å². The number of nitrogens with zero attached hydrogens (tertiary/aromatic N) is 5. The molecule has 0 spiro atoms. The van der Waals surface area contributed by atoms with Crippen LogP contribution in [-0.2, 0) is 4.79 Å². The normalized spacial score (nSPS) is 15.4. The number of fused-ring (bicyclic) bond motifs is 3. The molecule has 0 N–H and O–H groups in total. The predicted octanol–water partition coefficient (Wildman–Crippen LogP) is 3.83. The first kappa shape index (κ1) is 21.5. The zero-order valence-electron chi connectivity index (χ0n) is 19.0. The Balaban J connectivity index is 1.45. The van der Waals surface area contributed by atoms with E-state index in [4.69, 9.17) is 11.6 Å². The first-order chi connectivity index (χ1) is 15.8. The first-order valence-corrected chi connectivity index (χ1v) is 11.5. The van der Waals surface area contributed by atoms with Gasteiger partial charge in [-0.15, -0.1) is 0 Å². The van der Waals surface area contributed by atoms with Crippen LogP contribution in [0.5, 0.6) is 0 Å². The third kappa shape index (κ3) is 3.66. The Kier molecular flexibility index (Phi) is 5.37. The average molecular weight is 464 g/mol. The van der Waals surface area contributed by atoms with Crippen molar-refractivity contribution in [3.8, 4) is 0 Å². The zero-order chi connectivity index (χ0) is 23.3. The largest absolute Gasteiger partial charge is 0.368 e. The highest BCUT2D eigenvalue weighted by atomic mass is 35.5. The summed E-state index contributed by atoms with van der Waals surface area (Å²) in [4.78, 5) is 34.1. The molecule has 1 aliphatic heterocycles. The van der Waals surface area contributed by atoms with Crippen LogP contribution in [-0.4, -0.2) is 51.2 Å². The number of carbonyl (C=O) groups excluding carboxylic acids is 1. The Morgan fingerprint density at radius 3 is 2.52 bits per heavy atom. The molecule has 1 aliphatic rings. The fourth-order valence-electron chi connectivity index (χ4n) is 4.85. The van der Waals surface area contributed by atoms with Gasteiger partial charge in [0.1, 0.15) is 6.04 Å². The highest BCUT2D eigenvalue weighted by Crippen LogP contribution is 2.28. The summed E-state index contributed by atoms with van der Waals surface area (Å²) in [5.41, 5.74) is 4.24. The monoisotopic (exact) mass is 463 g/mol. The third-order valence-corrected chi connectivity index (χ3v) is 6.75. The van der Waals surface area contributed by atoms with Crippen LogP contribution in [0.15, 0.2) is 53.3 Å². The number of aryl methyl sites for hydroxylation is 2. The first-order valence-electron chi connectivity index (χ1n) is 11.1. The molecule has 4 aromatic rings. The molecule has 7 nitrogen and oxygen atoms in total. The van der Waals surface area contributed by atoms with Crippen molar-refractivity contribution in [3.05, 3.63) is 75.2 Å². The molecule has 1 fully saturated rings. The fourth-order valence-corrected chi connectivity index (χ4v) is 5.02. The maximum atomic E-state index is 13.6. The van der Waals surface area contributed by atoms with Gasteiger partial charge in [-0.25, -0.2) is 4.52 Å². The van der Waals surface area contributed by atoms with Crippen LogP contribution in [0.1, 0.15) is 24.2 Å². The Labute approximate surface area is 196 Å². The Hall–Kier alpha value is -3.32. The molecule has 0 aliphatic carbocycles. The van der Waals surface area contributed by atoms with E-state index in [9.17, 15) is 9.59 Å². The fraction of sp³-hybridized carbons (Fsp3) is 0.320. The molecule has 8 heteroatoms. The van der Waals surface area contributed by atoms with Crippen molar-refractivity contribution >= 4 is 39.7 Å². The number of benzene rings is 2. The number of rotatable bonds is 3. The van der Waals surface area contributed by atoms with E-state index in [-0.39, 0.29) is 11.5 Å². The summed E-state index contributed by atoms with van der Waals surface area (Å²) in [6.07, 6.45) is 0. The van der Waals surface area contributed by atoms with Crippen LogP contribution in [0.3, 0.4) is 0 Å². The van der Waals surface area contributed by atoms with Gasteiger partial charge < -0.3 is 9.80 Å². The average Bonchev–Trinajstić information content (AvgIpc) is 3.14. The maximum absolute atomic E-state index is 13.6. The third-order valence-electron chi connectivity index (χ3n) is 6.52. The number of hydrogen-bond donors (Lipinski definition) is 0. The topological polar surface area (TPSA) is 62.9 Å². The number of hydrogen-bond acceptors (Lipinski definition) is 4. The van der Waals surface area contributed by atoms with Crippen molar-refractivity contribution in [1.82, 2.24) is 19.1 Å². The standard InChI is InChI=1S/C25H26ClN5O2/c1-16-8-9-19(26)15-22(16)28-10-12-29(13-11-28)25(33)18(3)31-21-7-5-4-6-20(21)24-27-23(32)14-17(2)30(24)31/h4-9,14-15,18H,10-13H2,1-3H3/t18-/m1/s1. The molecule has 0 unspecified atom stereocenters. The van der Waals surface area contributed by atoms with Gasteiger partial charge >= 0.3 is 0 Å². The van der Waals surface area contributed by atoms with Crippen molar-refractivity contribution in [3.63, 3.8) is 0 Å². The quantitative estimate of drug-likeness (QED) is 0.463. The predicted molar refractivity (Wildman–Crippen MR) is 131 cm³/mol. The van der Waals surface area contributed by atoms with E-state index in [0.29, 0.717) is 18.7 Å². The van der Waals surface area contributed by atoms with Gasteiger partial charge in [-0.2, -0.15) is 4.98 Å². The molecule has 1 atom stereocenters. The number of piperazine rings is 1. The van der Waals surface area contributed by atoms with E-state index in [0.717, 1.165) is 40.4 Å². The summed E-state index contributed by atoms with van der Waals surface area (Å²) >= 11 is 6.21. The SMILES string of the molecule is Cc1ccc(Cl)cc1N1CCN(C(=O)[C@@H](C)n2c3ccccc3c3nc(=O)cc(C)n32)CC1.